The normalized spacial score (nSPS) is 31.8. The van der Waals surface area contributed by atoms with Crippen LogP contribution in [-0.2, 0) is 6.54 Å². The van der Waals surface area contributed by atoms with E-state index in [1.54, 1.807) is 0 Å². The number of aromatic nitrogens is 2. The number of thioether (sulfide) groups is 2. The molecule has 0 saturated carbocycles. The maximum Gasteiger partial charge on any atom is 0.240 e. The second kappa shape index (κ2) is 4.76. The highest BCUT2D eigenvalue weighted by Gasteiger charge is 2.29. The van der Waals surface area contributed by atoms with Crippen molar-refractivity contribution in [3.8, 4) is 0 Å². The van der Waals surface area contributed by atoms with Crippen LogP contribution in [0.2, 0.25) is 0 Å². The highest BCUT2D eigenvalue weighted by atomic mass is 32.2. The predicted octanol–water partition coefficient (Wildman–Crippen LogP) is 1.83. The summed E-state index contributed by atoms with van der Waals surface area (Å²) in [6, 6.07) is 0. The molecule has 1 aliphatic rings. The Kier molecular flexibility index (Phi) is 3.58. The van der Waals surface area contributed by atoms with Crippen LogP contribution in [0, 0.1) is 0 Å². The standard InChI is InChI=1S/C9H15N3OS2/c1-5-6(2)15-7(4-14-5)9-11-8(3-10)13-12-9/h5-7H,3-4,10H2,1-2H3. The van der Waals surface area contributed by atoms with Gasteiger partial charge in [0, 0.05) is 16.3 Å². The van der Waals surface area contributed by atoms with E-state index in [1.807, 2.05) is 23.5 Å². The molecule has 0 aromatic carbocycles. The molecule has 3 unspecified atom stereocenters. The molecule has 3 atom stereocenters. The molecular weight excluding hydrogens is 230 g/mol. The van der Waals surface area contributed by atoms with Crippen molar-refractivity contribution in [1.82, 2.24) is 10.1 Å². The van der Waals surface area contributed by atoms with Gasteiger partial charge in [-0.1, -0.05) is 19.0 Å². The quantitative estimate of drug-likeness (QED) is 0.857. The Hall–Kier alpha value is -0.200. The Labute approximate surface area is 97.8 Å². The number of nitrogens with two attached hydrogens (primary N) is 1. The summed E-state index contributed by atoms with van der Waals surface area (Å²) in [6.45, 7) is 4.84. The van der Waals surface area contributed by atoms with Crippen molar-refractivity contribution in [2.24, 2.45) is 5.73 Å². The second-order valence-corrected chi connectivity index (χ2v) is 6.61. The molecule has 0 aliphatic carbocycles. The molecule has 1 saturated heterocycles. The summed E-state index contributed by atoms with van der Waals surface area (Å²) >= 11 is 3.90. The first-order valence-corrected chi connectivity index (χ1v) is 6.99. The zero-order chi connectivity index (χ0) is 10.8. The summed E-state index contributed by atoms with van der Waals surface area (Å²) in [5, 5.41) is 5.66. The van der Waals surface area contributed by atoms with Crippen LogP contribution in [0.3, 0.4) is 0 Å². The van der Waals surface area contributed by atoms with Crippen LogP contribution in [0.4, 0.5) is 0 Å². The summed E-state index contributed by atoms with van der Waals surface area (Å²) in [5.41, 5.74) is 5.43. The van der Waals surface area contributed by atoms with Crippen LogP contribution in [0.15, 0.2) is 4.52 Å². The first-order valence-electron chi connectivity index (χ1n) is 5.00. The first kappa shape index (κ1) is 11.3. The fourth-order valence-electron chi connectivity index (χ4n) is 1.40. The number of hydrogen-bond acceptors (Lipinski definition) is 6. The van der Waals surface area contributed by atoms with Gasteiger partial charge < -0.3 is 10.3 Å². The molecule has 6 heteroatoms. The summed E-state index contributed by atoms with van der Waals surface area (Å²) in [6.07, 6.45) is 0. The van der Waals surface area contributed by atoms with Crippen LogP contribution in [-0.4, -0.2) is 26.4 Å². The molecule has 2 N–H and O–H groups in total. The summed E-state index contributed by atoms with van der Waals surface area (Å²) in [7, 11) is 0. The van der Waals surface area contributed by atoms with E-state index in [0.717, 1.165) is 11.6 Å². The maximum atomic E-state index is 5.43. The zero-order valence-corrected chi connectivity index (χ0v) is 10.5. The van der Waals surface area contributed by atoms with Gasteiger partial charge >= 0.3 is 0 Å². The minimum Gasteiger partial charge on any atom is -0.338 e. The Morgan fingerprint density at radius 1 is 1.47 bits per heavy atom. The lowest BCUT2D eigenvalue weighted by Crippen LogP contribution is -2.22. The highest BCUT2D eigenvalue weighted by molar-refractivity contribution is 8.07. The van der Waals surface area contributed by atoms with E-state index < -0.39 is 0 Å². The van der Waals surface area contributed by atoms with Crippen molar-refractivity contribution < 1.29 is 4.52 Å². The van der Waals surface area contributed by atoms with Crippen LogP contribution >= 0.6 is 23.5 Å². The smallest absolute Gasteiger partial charge is 0.240 e. The van der Waals surface area contributed by atoms with Crippen LogP contribution in [0.1, 0.15) is 30.8 Å². The molecule has 1 aliphatic heterocycles. The third kappa shape index (κ3) is 2.49. The van der Waals surface area contributed by atoms with Gasteiger partial charge in [-0.25, -0.2) is 0 Å². The van der Waals surface area contributed by atoms with Gasteiger partial charge in [-0.2, -0.15) is 16.7 Å². The molecule has 0 radical (unpaired) electrons. The van der Waals surface area contributed by atoms with Crippen LogP contribution in [0.5, 0.6) is 0 Å². The van der Waals surface area contributed by atoms with E-state index in [0.29, 0.717) is 28.2 Å². The number of rotatable bonds is 2. The summed E-state index contributed by atoms with van der Waals surface area (Å²) in [4.78, 5) is 4.27. The third-order valence-electron chi connectivity index (χ3n) is 2.50. The van der Waals surface area contributed by atoms with Crippen molar-refractivity contribution in [2.75, 3.05) is 5.75 Å². The van der Waals surface area contributed by atoms with Gasteiger partial charge in [0.15, 0.2) is 5.82 Å². The Morgan fingerprint density at radius 2 is 2.27 bits per heavy atom. The van der Waals surface area contributed by atoms with Gasteiger partial charge in [0.2, 0.25) is 5.89 Å². The van der Waals surface area contributed by atoms with Crippen molar-refractivity contribution in [3.63, 3.8) is 0 Å². The molecule has 0 bridgehead atoms. The Bertz CT molecular complexity index is 331. The lowest BCUT2D eigenvalue weighted by molar-refractivity contribution is 0.375. The molecule has 1 aromatic heterocycles. The van der Waals surface area contributed by atoms with Crippen molar-refractivity contribution >= 4 is 23.5 Å². The molecule has 1 fully saturated rings. The van der Waals surface area contributed by atoms with E-state index in [4.69, 9.17) is 10.3 Å². The van der Waals surface area contributed by atoms with Gasteiger partial charge in [-0.15, -0.1) is 11.8 Å². The average molecular weight is 245 g/mol. The molecule has 2 heterocycles. The van der Waals surface area contributed by atoms with E-state index in [2.05, 4.69) is 24.0 Å². The average Bonchev–Trinajstić information content (AvgIpc) is 2.70. The Balaban J connectivity index is 2.05. The predicted molar refractivity (Wildman–Crippen MR) is 63.9 cm³/mol. The van der Waals surface area contributed by atoms with E-state index in [1.165, 1.54) is 0 Å². The van der Waals surface area contributed by atoms with Crippen LogP contribution < -0.4 is 5.73 Å². The third-order valence-corrected chi connectivity index (χ3v) is 5.88. The minimum absolute atomic E-state index is 0.323. The van der Waals surface area contributed by atoms with Gasteiger partial charge in [0.25, 0.3) is 0 Å². The molecule has 1 aromatic rings. The highest BCUT2D eigenvalue weighted by Crippen LogP contribution is 2.43. The maximum absolute atomic E-state index is 5.43. The van der Waals surface area contributed by atoms with E-state index in [-0.39, 0.29) is 0 Å². The minimum atomic E-state index is 0.323. The molecular formula is C9H15N3OS2. The van der Waals surface area contributed by atoms with Gasteiger partial charge in [0.05, 0.1) is 11.8 Å². The molecule has 2 rings (SSSR count). The summed E-state index contributed by atoms with van der Waals surface area (Å²) < 4.78 is 5.02. The second-order valence-electron chi connectivity index (χ2n) is 3.62. The molecule has 4 nitrogen and oxygen atoms in total. The number of hydrogen-bond donors (Lipinski definition) is 1. The van der Waals surface area contributed by atoms with Crippen molar-refractivity contribution in [1.29, 1.82) is 0 Å². The fourth-order valence-corrected chi connectivity index (χ4v) is 4.23. The lowest BCUT2D eigenvalue weighted by Gasteiger charge is -2.29. The fraction of sp³-hybridized carbons (Fsp3) is 0.778. The largest absolute Gasteiger partial charge is 0.338 e. The molecule has 0 spiro atoms. The van der Waals surface area contributed by atoms with E-state index >= 15 is 0 Å². The van der Waals surface area contributed by atoms with Gasteiger partial charge in [-0.3, -0.25) is 0 Å². The van der Waals surface area contributed by atoms with Crippen molar-refractivity contribution in [2.45, 2.75) is 36.1 Å². The molecule has 84 valence electrons. The zero-order valence-electron chi connectivity index (χ0n) is 8.84. The summed E-state index contributed by atoms with van der Waals surface area (Å²) in [5.74, 6) is 2.38. The molecule has 0 amide bonds. The van der Waals surface area contributed by atoms with Gasteiger partial charge in [0.1, 0.15) is 0 Å². The van der Waals surface area contributed by atoms with E-state index in [9.17, 15) is 0 Å². The van der Waals surface area contributed by atoms with Crippen molar-refractivity contribution in [3.05, 3.63) is 11.7 Å². The monoisotopic (exact) mass is 245 g/mol. The topological polar surface area (TPSA) is 64.9 Å². The number of nitrogens with zero attached hydrogens (tertiary/aromatic N) is 2. The van der Waals surface area contributed by atoms with Crippen LogP contribution in [0.25, 0.3) is 0 Å². The molecule has 15 heavy (non-hydrogen) atoms. The lowest BCUT2D eigenvalue weighted by atomic mass is 10.3. The Morgan fingerprint density at radius 3 is 2.87 bits per heavy atom. The SMILES string of the molecule is CC1SCC(c2noc(CN)n2)SC1C. The van der Waals surface area contributed by atoms with Gasteiger partial charge in [-0.05, 0) is 0 Å². The first-order chi connectivity index (χ1) is 7.20.